The van der Waals surface area contributed by atoms with Crippen molar-refractivity contribution in [3.63, 3.8) is 0 Å². The van der Waals surface area contributed by atoms with E-state index in [9.17, 15) is 4.79 Å². The fraction of sp³-hybridized carbons (Fsp3) is 0.208. The molecular formula is C24H24ClN3O. The first-order chi connectivity index (χ1) is 14.2. The third kappa shape index (κ3) is 5.17. The minimum absolute atomic E-state index is 0.133. The van der Waals surface area contributed by atoms with E-state index in [0.717, 1.165) is 38.4 Å². The number of nitrogens with one attached hydrogen (secondary N) is 1. The van der Waals surface area contributed by atoms with E-state index < -0.39 is 0 Å². The Bertz CT molecular complexity index is 934. The average Bonchev–Trinajstić information content (AvgIpc) is 2.77. The second-order valence-corrected chi connectivity index (χ2v) is 7.69. The van der Waals surface area contributed by atoms with Crippen molar-refractivity contribution in [2.24, 2.45) is 0 Å². The van der Waals surface area contributed by atoms with Crippen LogP contribution in [0.25, 0.3) is 0 Å². The molecule has 148 valence electrons. The van der Waals surface area contributed by atoms with Crippen LogP contribution in [0.2, 0.25) is 5.02 Å². The summed E-state index contributed by atoms with van der Waals surface area (Å²) >= 11 is 5.87. The summed E-state index contributed by atoms with van der Waals surface area (Å²) in [6.45, 7) is 5.10. The van der Waals surface area contributed by atoms with Gasteiger partial charge in [0.25, 0.3) is 5.91 Å². The van der Waals surface area contributed by atoms with Gasteiger partial charge in [-0.3, -0.25) is 9.69 Å². The number of hydrogen-bond donors (Lipinski definition) is 1. The topological polar surface area (TPSA) is 35.6 Å². The highest BCUT2D eigenvalue weighted by molar-refractivity contribution is 6.30. The van der Waals surface area contributed by atoms with Gasteiger partial charge in [-0.1, -0.05) is 41.9 Å². The van der Waals surface area contributed by atoms with Gasteiger partial charge in [-0.05, 0) is 54.1 Å². The van der Waals surface area contributed by atoms with Gasteiger partial charge in [-0.25, -0.2) is 0 Å². The van der Waals surface area contributed by atoms with E-state index in [1.807, 2.05) is 12.1 Å². The van der Waals surface area contributed by atoms with Crippen LogP contribution >= 0.6 is 11.6 Å². The summed E-state index contributed by atoms with van der Waals surface area (Å²) in [5, 5.41) is 3.55. The molecule has 1 heterocycles. The van der Waals surface area contributed by atoms with Crippen LogP contribution in [0.3, 0.4) is 0 Å². The molecule has 1 aliphatic rings. The number of anilines is 2. The summed E-state index contributed by atoms with van der Waals surface area (Å²) in [5.74, 6) is -0.133. The van der Waals surface area contributed by atoms with Crippen molar-refractivity contribution in [2.75, 3.05) is 36.4 Å². The van der Waals surface area contributed by atoms with Crippen LogP contribution < -0.4 is 10.2 Å². The number of benzene rings is 3. The molecule has 3 aromatic carbocycles. The molecule has 0 saturated carbocycles. The first kappa shape index (κ1) is 19.5. The van der Waals surface area contributed by atoms with Gasteiger partial charge in [0, 0.05) is 54.7 Å². The van der Waals surface area contributed by atoms with Crippen LogP contribution in [0.4, 0.5) is 11.4 Å². The molecule has 1 aliphatic heterocycles. The normalized spacial score (nSPS) is 14.6. The first-order valence-electron chi connectivity index (χ1n) is 9.85. The van der Waals surface area contributed by atoms with E-state index in [-0.39, 0.29) is 5.91 Å². The van der Waals surface area contributed by atoms with Crippen molar-refractivity contribution in [1.29, 1.82) is 0 Å². The van der Waals surface area contributed by atoms with Crippen molar-refractivity contribution in [3.05, 3.63) is 95.0 Å². The number of halogens is 1. The fourth-order valence-electron chi connectivity index (χ4n) is 3.56. The zero-order chi connectivity index (χ0) is 20.1. The number of amides is 1. The van der Waals surface area contributed by atoms with Gasteiger partial charge in [0.15, 0.2) is 0 Å². The van der Waals surface area contributed by atoms with E-state index in [4.69, 9.17) is 11.6 Å². The molecule has 0 aliphatic carbocycles. The number of piperazine rings is 1. The van der Waals surface area contributed by atoms with Crippen molar-refractivity contribution in [3.8, 4) is 0 Å². The number of para-hydroxylation sites is 1. The number of hydrogen-bond acceptors (Lipinski definition) is 3. The molecule has 3 aromatic rings. The second kappa shape index (κ2) is 9.12. The van der Waals surface area contributed by atoms with Gasteiger partial charge in [0.1, 0.15) is 0 Å². The molecule has 0 aromatic heterocycles. The van der Waals surface area contributed by atoms with Crippen molar-refractivity contribution >= 4 is 28.9 Å². The minimum Gasteiger partial charge on any atom is -0.369 e. The Morgan fingerprint density at radius 1 is 0.828 bits per heavy atom. The van der Waals surface area contributed by atoms with Gasteiger partial charge in [0.05, 0.1) is 0 Å². The summed E-state index contributed by atoms with van der Waals surface area (Å²) < 4.78 is 0. The molecular weight excluding hydrogens is 382 g/mol. The Kier molecular flexibility index (Phi) is 6.13. The quantitative estimate of drug-likeness (QED) is 0.654. The van der Waals surface area contributed by atoms with E-state index in [1.165, 1.54) is 11.3 Å². The molecule has 1 fully saturated rings. The first-order valence-corrected chi connectivity index (χ1v) is 10.2. The molecule has 0 atom stereocenters. The van der Waals surface area contributed by atoms with Gasteiger partial charge < -0.3 is 10.2 Å². The summed E-state index contributed by atoms with van der Waals surface area (Å²) in [6.07, 6.45) is 0. The maximum Gasteiger partial charge on any atom is 0.255 e. The summed E-state index contributed by atoms with van der Waals surface area (Å²) in [5.41, 5.74) is 3.94. The fourth-order valence-corrected chi connectivity index (χ4v) is 3.69. The predicted octanol–water partition coefficient (Wildman–Crippen LogP) is 4.91. The zero-order valence-corrected chi connectivity index (χ0v) is 17.0. The molecule has 0 bridgehead atoms. The maximum absolute atomic E-state index is 12.3. The van der Waals surface area contributed by atoms with Crippen LogP contribution in [0.15, 0.2) is 78.9 Å². The smallest absolute Gasteiger partial charge is 0.255 e. The Labute approximate surface area is 176 Å². The molecule has 1 N–H and O–H groups in total. The standard InChI is InChI=1S/C24H24ClN3O/c25-21-10-8-20(9-11-21)24(29)26-22-12-6-19(7-13-22)18-27-14-16-28(17-15-27)23-4-2-1-3-5-23/h1-13H,14-18H2,(H,26,29). The molecule has 5 heteroatoms. The molecule has 29 heavy (non-hydrogen) atoms. The van der Waals surface area contributed by atoms with Crippen molar-refractivity contribution in [2.45, 2.75) is 6.54 Å². The summed E-state index contributed by atoms with van der Waals surface area (Å²) in [6, 6.07) is 25.6. The Hall–Kier alpha value is -2.82. The highest BCUT2D eigenvalue weighted by Crippen LogP contribution is 2.18. The van der Waals surface area contributed by atoms with Crippen LogP contribution in [0.1, 0.15) is 15.9 Å². The predicted molar refractivity (Wildman–Crippen MR) is 120 cm³/mol. The Morgan fingerprint density at radius 3 is 2.14 bits per heavy atom. The third-order valence-electron chi connectivity index (χ3n) is 5.22. The molecule has 1 saturated heterocycles. The SMILES string of the molecule is O=C(Nc1ccc(CN2CCN(c3ccccc3)CC2)cc1)c1ccc(Cl)cc1. The lowest BCUT2D eigenvalue weighted by atomic mass is 10.1. The Morgan fingerprint density at radius 2 is 1.48 bits per heavy atom. The van der Waals surface area contributed by atoms with E-state index in [1.54, 1.807) is 24.3 Å². The number of carbonyl (C=O) groups excluding carboxylic acids is 1. The lowest BCUT2D eigenvalue weighted by Crippen LogP contribution is -2.45. The molecule has 0 spiro atoms. The number of nitrogens with zero attached hydrogens (tertiary/aromatic N) is 2. The van der Waals surface area contributed by atoms with Gasteiger partial charge in [0.2, 0.25) is 0 Å². The lowest BCUT2D eigenvalue weighted by molar-refractivity contribution is 0.102. The largest absolute Gasteiger partial charge is 0.369 e. The Balaban J connectivity index is 1.28. The van der Waals surface area contributed by atoms with Crippen LogP contribution in [-0.4, -0.2) is 37.0 Å². The highest BCUT2D eigenvalue weighted by atomic mass is 35.5. The maximum atomic E-state index is 12.3. The number of rotatable bonds is 5. The molecule has 0 radical (unpaired) electrons. The van der Waals surface area contributed by atoms with Gasteiger partial charge >= 0.3 is 0 Å². The van der Waals surface area contributed by atoms with Gasteiger partial charge in [-0.2, -0.15) is 0 Å². The van der Waals surface area contributed by atoms with Crippen LogP contribution in [0, 0.1) is 0 Å². The van der Waals surface area contributed by atoms with E-state index in [0.29, 0.717) is 10.6 Å². The lowest BCUT2D eigenvalue weighted by Gasteiger charge is -2.36. The highest BCUT2D eigenvalue weighted by Gasteiger charge is 2.17. The second-order valence-electron chi connectivity index (χ2n) is 7.26. The summed E-state index contributed by atoms with van der Waals surface area (Å²) in [4.78, 5) is 17.2. The molecule has 1 amide bonds. The van der Waals surface area contributed by atoms with Crippen LogP contribution in [-0.2, 0) is 6.54 Å². The monoisotopic (exact) mass is 405 g/mol. The third-order valence-corrected chi connectivity index (χ3v) is 5.47. The number of carbonyl (C=O) groups is 1. The zero-order valence-electron chi connectivity index (χ0n) is 16.2. The van der Waals surface area contributed by atoms with Crippen molar-refractivity contribution in [1.82, 2.24) is 4.90 Å². The van der Waals surface area contributed by atoms with Crippen LogP contribution in [0.5, 0.6) is 0 Å². The van der Waals surface area contributed by atoms with Gasteiger partial charge in [-0.15, -0.1) is 0 Å². The molecule has 0 unspecified atom stereocenters. The summed E-state index contributed by atoms with van der Waals surface area (Å²) in [7, 11) is 0. The molecule has 4 rings (SSSR count). The minimum atomic E-state index is -0.133. The molecule has 4 nitrogen and oxygen atoms in total. The average molecular weight is 406 g/mol. The van der Waals surface area contributed by atoms with E-state index >= 15 is 0 Å². The van der Waals surface area contributed by atoms with Crippen molar-refractivity contribution < 1.29 is 4.79 Å². The van der Waals surface area contributed by atoms with E-state index in [2.05, 4.69) is 57.6 Å².